The summed E-state index contributed by atoms with van der Waals surface area (Å²) in [5.74, 6) is 0.147. The monoisotopic (exact) mass is 302 g/mol. The molecule has 4 nitrogen and oxygen atoms in total. The zero-order chi connectivity index (χ0) is 14.9. The standard InChI is InChI=1S/C14H17F3N2O2/c15-14(16,17)13(5-6-13)10-18-9(19-21-10)12-3-1-11(7-12,8-20)2-4-12/h20H,1-8H2. The van der Waals surface area contributed by atoms with Gasteiger partial charge in [0, 0.05) is 12.0 Å². The Morgan fingerprint density at radius 3 is 2.24 bits per heavy atom. The fourth-order valence-electron chi connectivity index (χ4n) is 4.22. The van der Waals surface area contributed by atoms with Crippen LogP contribution in [0, 0.1) is 5.41 Å². The lowest BCUT2D eigenvalue weighted by molar-refractivity contribution is -0.166. The van der Waals surface area contributed by atoms with Gasteiger partial charge in [-0.25, -0.2) is 0 Å². The third-order valence-corrected chi connectivity index (χ3v) is 5.92. The second-order valence-corrected chi connectivity index (χ2v) is 7.12. The van der Waals surface area contributed by atoms with Crippen molar-refractivity contribution in [3.05, 3.63) is 11.7 Å². The van der Waals surface area contributed by atoms with E-state index in [0.717, 1.165) is 32.1 Å². The summed E-state index contributed by atoms with van der Waals surface area (Å²) < 4.78 is 44.3. The van der Waals surface area contributed by atoms with Gasteiger partial charge in [0.2, 0.25) is 5.89 Å². The van der Waals surface area contributed by atoms with Gasteiger partial charge in [-0.1, -0.05) is 5.16 Å². The molecule has 0 amide bonds. The smallest absolute Gasteiger partial charge is 0.396 e. The van der Waals surface area contributed by atoms with Gasteiger partial charge < -0.3 is 9.63 Å². The van der Waals surface area contributed by atoms with Crippen LogP contribution in [0.25, 0.3) is 0 Å². The first-order chi connectivity index (χ1) is 9.85. The van der Waals surface area contributed by atoms with Crippen molar-refractivity contribution in [1.82, 2.24) is 10.1 Å². The van der Waals surface area contributed by atoms with Crippen molar-refractivity contribution in [2.75, 3.05) is 6.61 Å². The van der Waals surface area contributed by atoms with Gasteiger partial charge in [-0.05, 0) is 50.4 Å². The highest BCUT2D eigenvalue weighted by Crippen LogP contribution is 2.62. The number of aliphatic hydroxyl groups excluding tert-OH is 1. The van der Waals surface area contributed by atoms with Crippen LogP contribution in [-0.4, -0.2) is 28.0 Å². The van der Waals surface area contributed by atoms with Crippen molar-refractivity contribution in [3.63, 3.8) is 0 Å². The number of hydrogen-bond acceptors (Lipinski definition) is 4. The number of hydrogen-bond donors (Lipinski definition) is 1. The molecular formula is C14H17F3N2O2. The molecule has 4 rings (SSSR count). The maximum absolute atomic E-state index is 13.1. The average molecular weight is 302 g/mol. The molecule has 3 saturated carbocycles. The van der Waals surface area contributed by atoms with Crippen molar-refractivity contribution >= 4 is 0 Å². The predicted molar refractivity (Wildman–Crippen MR) is 65.5 cm³/mol. The molecule has 21 heavy (non-hydrogen) atoms. The van der Waals surface area contributed by atoms with E-state index in [1.165, 1.54) is 0 Å². The molecule has 0 spiro atoms. The van der Waals surface area contributed by atoms with Crippen LogP contribution in [0.1, 0.15) is 56.7 Å². The van der Waals surface area contributed by atoms with Crippen LogP contribution in [0.15, 0.2) is 4.52 Å². The minimum atomic E-state index is -4.32. The lowest BCUT2D eigenvalue weighted by Gasteiger charge is -2.24. The average Bonchev–Trinajstić information content (AvgIpc) is 2.89. The number of alkyl halides is 3. The van der Waals surface area contributed by atoms with Crippen molar-refractivity contribution in [2.45, 2.75) is 62.0 Å². The van der Waals surface area contributed by atoms with E-state index in [9.17, 15) is 18.3 Å². The molecule has 3 aliphatic carbocycles. The lowest BCUT2D eigenvalue weighted by atomic mass is 9.82. The molecule has 0 aromatic carbocycles. The maximum Gasteiger partial charge on any atom is 0.403 e. The zero-order valence-corrected chi connectivity index (χ0v) is 11.5. The maximum atomic E-state index is 13.1. The first kappa shape index (κ1) is 13.5. The van der Waals surface area contributed by atoms with Crippen LogP contribution in [0.5, 0.6) is 0 Å². The second-order valence-electron chi connectivity index (χ2n) is 7.12. The number of halogens is 3. The summed E-state index contributed by atoms with van der Waals surface area (Å²) in [5.41, 5.74) is -2.27. The number of aromatic nitrogens is 2. The fraction of sp³-hybridized carbons (Fsp3) is 0.857. The van der Waals surface area contributed by atoms with Gasteiger partial charge in [-0.2, -0.15) is 18.2 Å². The SMILES string of the molecule is OCC12CCC(c3noc(C4(C(F)(F)F)CC4)n3)(CC1)C2. The fourth-order valence-corrected chi connectivity index (χ4v) is 4.22. The molecule has 1 N–H and O–H groups in total. The van der Waals surface area contributed by atoms with Gasteiger partial charge in [0.05, 0.1) is 0 Å². The Bertz CT molecular complexity index is 569. The van der Waals surface area contributed by atoms with E-state index in [0.29, 0.717) is 5.82 Å². The molecule has 0 radical (unpaired) electrons. The van der Waals surface area contributed by atoms with Crippen LogP contribution < -0.4 is 0 Å². The van der Waals surface area contributed by atoms with Crippen molar-refractivity contribution in [3.8, 4) is 0 Å². The highest BCUT2D eigenvalue weighted by molar-refractivity contribution is 5.24. The number of nitrogens with zero attached hydrogens (tertiary/aromatic N) is 2. The van der Waals surface area contributed by atoms with E-state index in [2.05, 4.69) is 10.1 Å². The highest BCUT2D eigenvalue weighted by Gasteiger charge is 2.68. The summed E-state index contributed by atoms with van der Waals surface area (Å²) in [6.07, 6.45) is -0.0761. The molecule has 3 fully saturated rings. The van der Waals surface area contributed by atoms with E-state index >= 15 is 0 Å². The quantitative estimate of drug-likeness (QED) is 0.932. The molecule has 0 unspecified atom stereocenters. The van der Waals surface area contributed by atoms with Crippen molar-refractivity contribution in [2.24, 2.45) is 5.41 Å². The predicted octanol–water partition coefficient (Wildman–Crippen LogP) is 2.86. The molecule has 0 atom stereocenters. The van der Waals surface area contributed by atoms with E-state index in [1.807, 2.05) is 0 Å². The third kappa shape index (κ3) is 1.67. The van der Waals surface area contributed by atoms with Crippen LogP contribution in [-0.2, 0) is 10.8 Å². The largest absolute Gasteiger partial charge is 0.403 e. The zero-order valence-electron chi connectivity index (χ0n) is 11.5. The summed E-state index contributed by atoms with van der Waals surface area (Å²) in [5, 5.41) is 13.4. The lowest BCUT2D eigenvalue weighted by Crippen LogP contribution is -2.29. The molecule has 0 saturated heterocycles. The second kappa shape index (κ2) is 3.80. The summed E-state index contributed by atoms with van der Waals surface area (Å²) in [6, 6.07) is 0. The number of fused-ring (bicyclic) bond motifs is 2. The van der Waals surface area contributed by atoms with E-state index in [-0.39, 0.29) is 36.2 Å². The Labute approximate surface area is 119 Å². The summed E-state index contributed by atoms with van der Waals surface area (Å²) in [6.45, 7) is 0.131. The topological polar surface area (TPSA) is 59.2 Å². The Morgan fingerprint density at radius 2 is 1.76 bits per heavy atom. The van der Waals surface area contributed by atoms with Gasteiger partial charge in [0.15, 0.2) is 5.82 Å². The molecule has 3 aliphatic rings. The Hall–Kier alpha value is -1.11. The summed E-state index contributed by atoms with van der Waals surface area (Å²) >= 11 is 0. The van der Waals surface area contributed by atoms with Gasteiger partial charge in [0.1, 0.15) is 5.41 Å². The Balaban J connectivity index is 1.65. The van der Waals surface area contributed by atoms with Gasteiger partial charge in [-0.3, -0.25) is 0 Å². The van der Waals surface area contributed by atoms with E-state index in [4.69, 9.17) is 4.52 Å². The van der Waals surface area contributed by atoms with Crippen LogP contribution in [0.4, 0.5) is 13.2 Å². The minimum Gasteiger partial charge on any atom is -0.396 e. The highest BCUT2D eigenvalue weighted by atomic mass is 19.4. The van der Waals surface area contributed by atoms with E-state index < -0.39 is 11.6 Å². The minimum absolute atomic E-state index is 0.0334. The van der Waals surface area contributed by atoms with Crippen LogP contribution in [0.3, 0.4) is 0 Å². The number of rotatable bonds is 3. The normalized spacial score (nSPS) is 37.1. The molecule has 1 aromatic heterocycles. The molecule has 1 aromatic rings. The van der Waals surface area contributed by atoms with Crippen molar-refractivity contribution in [1.29, 1.82) is 0 Å². The summed E-state index contributed by atoms with van der Waals surface area (Å²) in [7, 11) is 0. The van der Waals surface area contributed by atoms with Crippen molar-refractivity contribution < 1.29 is 22.8 Å². The third-order valence-electron chi connectivity index (χ3n) is 5.92. The Kier molecular flexibility index (Phi) is 2.45. The summed E-state index contributed by atoms with van der Waals surface area (Å²) in [4.78, 5) is 4.15. The molecular weight excluding hydrogens is 285 g/mol. The molecule has 0 aliphatic heterocycles. The molecule has 7 heteroatoms. The van der Waals surface area contributed by atoms with Crippen LogP contribution >= 0.6 is 0 Å². The van der Waals surface area contributed by atoms with Crippen LogP contribution in [0.2, 0.25) is 0 Å². The first-order valence-electron chi connectivity index (χ1n) is 7.37. The van der Waals surface area contributed by atoms with Gasteiger partial charge >= 0.3 is 6.18 Å². The first-order valence-corrected chi connectivity index (χ1v) is 7.37. The Morgan fingerprint density at radius 1 is 1.10 bits per heavy atom. The van der Waals surface area contributed by atoms with Gasteiger partial charge in [0.25, 0.3) is 0 Å². The number of aliphatic hydroxyl groups is 1. The molecule has 1 heterocycles. The molecule has 116 valence electrons. The van der Waals surface area contributed by atoms with E-state index in [1.54, 1.807) is 0 Å². The molecule has 2 bridgehead atoms. The van der Waals surface area contributed by atoms with Gasteiger partial charge in [-0.15, -0.1) is 0 Å².